The van der Waals surface area contributed by atoms with Crippen LogP contribution < -0.4 is 5.73 Å². The minimum absolute atomic E-state index is 0.152. The van der Waals surface area contributed by atoms with Gasteiger partial charge in [-0.2, -0.15) is 0 Å². The lowest BCUT2D eigenvalue weighted by Crippen LogP contribution is -2.29. The fourth-order valence-electron chi connectivity index (χ4n) is 0.907. The summed E-state index contributed by atoms with van der Waals surface area (Å²) in [6.07, 6.45) is 0.268. The number of hydrogen-bond acceptors (Lipinski definition) is 5. The lowest BCUT2D eigenvalue weighted by atomic mass is 9.97. The summed E-state index contributed by atoms with van der Waals surface area (Å²) in [5, 5.41) is 9.52. The minimum atomic E-state index is -0.997. The number of hydrogen-bond donors (Lipinski definition) is 2. The first-order chi connectivity index (χ1) is 7.55. The Kier molecular flexibility index (Phi) is 5.19. The lowest BCUT2D eigenvalue weighted by Gasteiger charge is -2.15. The van der Waals surface area contributed by atoms with E-state index in [1.165, 1.54) is 0 Å². The highest BCUT2D eigenvalue weighted by molar-refractivity contribution is 5.97. The third-order valence-electron chi connectivity index (χ3n) is 1.93. The van der Waals surface area contributed by atoms with Crippen LogP contribution in [0.3, 0.4) is 0 Å². The predicted molar refractivity (Wildman–Crippen MR) is 63.9 cm³/mol. The minimum Gasteiger partial charge on any atom is -0.510 e. The van der Waals surface area contributed by atoms with Crippen LogP contribution in [0, 0.1) is 11.3 Å². The van der Waals surface area contributed by atoms with E-state index >= 15 is 0 Å². The van der Waals surface area contributed by atoms with E-state index in [9.17, 15) is 14.7 Å². The van der Waals surface area contributed by atoms with Crippen LogP contribution in [0.25, 0.3) is 0 Å². The number of carbonyl (C=O) groups excluding carboxylic acids is 2. The van der Waals surface area contributed by atoms with Gasteiger partial charge in [0.25, 0.3) is 0 Å². The van der Waals surface area contributed by atoms with E-state index < -0.39 is 23.1 Å². The highest BCUT2D eigenvalue weighted by atomic mass is 16.6. The van der Waals surface area contributed by atoms with E-state index in [2.05, 4.69) is 4.74 Å². The van der Waals surface area contributed by atoms with Gasteiger partial charge in [0.1, 0.15) is 5.76 Å². The zero-order chi connectivity index (χ0) is 13.8. The molecule has 0 fully saturated rings. The molecule has 17 heavy (non-hydrogen) atoms. The summed E-state index contributed by atoms with van der Waals surface area (Å²) in [6.45, 7) is 8.60. The topological polar surface area (TPSA) is 89.6 Å². The first-order valence-corrected chi connectivity index (χ1v) is 5.50. The van der Waals surface area contributed by atoms with Crippen molar-refractivity contribution in [2.45, 2.75) is 41.0 Å². The smallest absolute Gasteiger partial charge is 0.365 e. The van der Waals surface area contributed by atoms with Crippen molar-refractivity contribution in [3.63, 3.8) is 0 Å². The maximum atomic E-state index is 11.4. The molecule has 3 N–H and O–H groups in total. The summed E-state index contributed by atoms with van der Waals surface area (Å²) in [5.74, 6) is -1.77. The Hall–Kier alpha value is -1.52. The molecule has 98 valence electrons. The van der Waals surface area contributed by atoms with Gasteiger partial charge in [-0.3, -0.25) is 4.79 Å². The van der Waals surface area contributed by atoms with Crippen molar-refractivity contribution in [2.75, 3.05) is 0 Å². The van der Waals surface area contributed by atoms with Crippen LogP contribution in [-0.2, 0) is 14.3 Å². The molecule has 0 aromatic carbocycles. The SMILES string of the molecule is CC(C)CC(O)=C(N)C(=O)OC(=O)C(C)(C)C. The molecule has 0 heterocycles. The van der Waals surface area contributed by atoms with E-state index in [4.69, 9.17) is 5.73 Å². The quantitative estimate of drug-likeness (QED) is 0.342. The predicted octanol–water partition coefficient (Wildman–Crippen LogP) is 1.88. The van der Waals surface area contributed by atoms with Crippen LogP contribution in [0.1, 0.15) is 41.0 Å². The highest BCUT2D eigenvalue weighted by Gasteiger charge is 2.27. The zero-order valence-corrected chi connectivity index (χ0v) is 11.0. The van der Waals surface area contributed by atoms with E-state index in [1.54, 1.807) is 20.8 Å². The van der Waals surface area contributed by atoms with Crippen LogP contribution >= 0.6 is 0 Å². The van der Waals surface area contributed by atoms with Crippen molar-refractivity contribution < 1.29 is 19.4 Å². The fraction of sp³-hybridized carbons (Fsp3) is 0.667. The molecule has 0 aromatic rings. The molecular formula is C12H21NO4. The second-order valence-corrected chi connectivity index (χ2v) is 5.39. The van der Waals surface area contributed by atoms with Gasteiger partial charge in [-0.25, -0.2) is 4.79 Å². The normalized spacial score (nSPS) is 13.3. The molecule has 0 saturated heterocycles. The van der Waals surface area contributed by atoms with Crippen LogP contribution in [0.4, 0.5) is 0 Å². The van der Waals surface area contributed by atoms with Crippen molar-refractivity contribution in [3.05, 3.63) is 11.5 Å². The molecule has 0 aliphatic rings. The van der Waals surface area contributed by atoms with E-state index in [0.717, 1.165) is 0 Å². The molecular weight excluding hydrogens is 222 g/mol. The average Bonchev–Trinajstić information content (AvgIpc) is 2.13. The van der Waals surface area contributed by atoms with Gasteiger partial charge in [0.15, 0.2) is 5.70 Å². The number of ether oxygens (including phenoxy) is 1. The molecule has 0 unspecified atom stereocenters. The Morgan fingerprint density at radius 1 is 1.29 bits per heavy atom. The third-order valence-corrected chi connectivity index (χ3v) is 1.93. The van der Waals surface area contributed by atoms with Gasteiger partial charge in [-0.1, -0.05) is 13.8 Å². The first-order valence-electron chi connectivity index (χ1n) is 5.50. The molecule has 0 amide bonds. The molecule has 0 spiro atoms. The van der Waals surface area contributed by atoms with Crippen molar-refractivity contribution in [1.29, 1.82) is 0 Å². The summed E-state index contributed by atoms with van der Waals surface area (Å²) in [6, 6.07) is 0. The second kappa shape index (κ2) is 5.70. The molecule has 5 nitrogen and oxygen atoms in total. The van der Waals surface area contributed by atoms with Gasteiger partial charge in [-0.05, 0) is 26.7 Å². The van der Waals surface area contributed by atoms with E-state index in [0.29, 0.717) is 0 Å². The molecule has 0 aliphatic carbocycles. The number of esters is 2. The molecule has 0 saturated carbocycles. The molecule has 5 heteroatoms. The van der Waals surface area contributed by atoms with Crippen LogP contribution in [0.2, 0.25) is 0 Å². The number of nitrogens with two attached hydrogens (primary N) is 1. The molecule has 0 rings (SSSR count). The fourth-order valence-corrected chi connectivity index (χ4v) is 0.907. The van der Waals surface area contributed by atoms with Crippen molar-refractivity contribution in [1.82, 2.24) is 0 Å². The van der Waals surface area contributed by atoms with Crippen LogP contribution in [0.5, 0.6) is 0 Å². The maximum Gasteiger partial charge on any atom is 0.365 e. The molecule has 0 atom stereocenters. The van der Waals surface area contributed by atoms with E-state index in [1.807, 2.05) is 13.8 Å². The van der Waals surface area contributed by atoms with Gasteiger partial charge in [0.2, 0.25) is 0 Å². The van der Waals surface area contributed by atoms with Gasteiger partial charge < -0.3 is 15.6 Å². The molecule has 0 radical (unpaired) electrons. The Balaban J connectivity index is 4.68. The number of allylic oxidation sites excluding steroid dienone is 1. The largest absolute Gasteiger partial charge is 0.510 e. The van der Waals surface area contributed by atoms with Gasteiger partial charge >= 0.3 is 11.9 Å². The number of rotatable bonds is 3. The van der Waals surface area contributed by atoms with Crippen molar-refractivity contribution >= 4 is 11.9 Å². The molecule has 0 aliphatic heterocycles. The number of aliphatic hydroxyl groups excluding tert-OH is 1. The van der Waals surface area contributed by atoms with Crippen LogP contribution in [-0.4, -0.2) is 17.0 Å². The van der Waals surface area contributed by atoms with Gasteiger partial charge in [0, 0.05) is 6.42 Å². The maximum absolute atomic E-state index is 11.4. The summed E-state index contributed by atoms with van der Waals surface area (Å²) in [7, 11) is 0. The summed E-state index contributed by atoms with van der Waals surface area (Å²) >= 11 is 0. The standard InChI is InChI=1S/C12H21NO4/c1-7(2)6-8(14)9(13)10(15)17-11(16)12(3,4)5/h7,14H,6,13H2,1-5H3. The average molecular weight is 243 g/mol. The number of aliphatic hydroxyl groups is 1. The Morgan fingerprint density at radius 2 is 1.76 bits per heavy atom. The summed E-state index contributed by atoms with van der Waals surface area (Å²) < 4.78 is 4.56. The van der Waals surface area contributed by atoms with E-state index in [-0.39, 0.29) is 18.1 Å². The Morgan fingerprint density at radius 3 is 2.12 bits per heavy atom. The summed E-state index contributed by atoms with van der Waals surface area (Å²) in [5.41, 5.74) is 4.21. The summed E-state index contributed by atoms with van der Waals surface area (Å²) in [4.78, 5) is 22.9. The second-order valence-electron chi connectivity index (χ2n) is 5.39. The molecule has 0 bridgehead atoms. The first kappa shape index (κ1) is 15.5. The highest BCUT2D eigenvalue weighted by Crippen LogP contribution is 2.17. The van der Waals surface area contributed by atoms with Crippen LogP contribution in [0.15, 0.2) is 11.5 Å². The Bertz CT molecular complexity index is 337. The lowest BCUT2D eigenvalue weighted by molar-refractivity contribution is -0.163. The zero-order valence-electron chi connectivity index (χ0n) is 11.0. The van der Waals surface area contributed by atoms with Gasteiger partial charge in [-0.15, -0.1) is 0 Å². The van der Waals surface area contributed by atoms with Gasteiger partial charge in [0.05, 0.1) is 5.41 Å². The molecule has 0 aromatic heterocycles. The van der Waals surface area contributed by atoms with Crippen molar-refractivity contribution in [3.8, 4) is 0 Å². The Labute approximate surface area is 102 Å². The third kappa shape index (κ3) is 5.38. The number of carbonyl (C=O) groups is 2. The monoisotopic (exact) mass is 243 g/mol. The van der Waals surface area contributed by atoms with Crippen molar-refractivity contribution in [2.24, 2.45) is 17.1 Å².